The van der Waals surface area contributed by atoms with Gasteiger partial charge in [0.1, 0.15) is 0 Å². The van der Waals surface area contributed by atoms with Crippen molar-refractivity contribution in [2.75, 3.05) is 24.2 Å². The summed E-state index contributed by atoms with van der Waals surface area (Å²) in [5.41, 5.74) is 8.22. The Morgan fingerprint density at radius 3 is 3.12 bits per heavy atom. The van der Waals surface area contributed by atoms with Crippen molar-refractivity contribution in [3.63, 3.8) is 0 Å². The van der Waals surface area contributed by atoms with Crippen LogP contribution < -0.4 is 10.6 Å². The molecule has 0 radical (unpaired) electrons. The Labute approximate surface area is 108 Å². The molecule has 0 amide bonds. The highest BCUT2D eigenvalue weighted by Gasteiger charge is 2.17. The van der Waals surface area contributed by atoms with Gasteiger partial charge in [0.2, 0.25) is 0 Å². The Kier molecular flexibility index (Phi) is 4.68. The molecule has 2 heterocycles. The van der Waals surface area contributed by atoms with E-state index in [0.29, 0.717) is 6.54 Å². The first-order chi connectivity index (χ1) is 8.35. The molecule has 1 aromatic rings. The number of hydrogen-bond acceptors (Lipinski definition) is 4. The van der Waals surface area contributed by atoms with Crippen LogP contribution in [-0.4, -0.2) is 29.6 Å². The van der Waals surface area contributed by atoms with E-state index >= 15 is 0 Å². The summed E-state index contributed by atoms with van der Waals surface area (Å²) in [4.78, 5) is 6.63. The van der Waals surface area contributed by atoms with Crippen molar-refractivity contribution >= 4 is 17.4 Å². The molecule has 2 N–H and O–H groups in total. The zero-order chi connectivity index (χ0) is 12.1. The van der Waals surface area contributed by atoms with Crippen molar-refractivity contribution in [1.29, 1.82) is 0 Å². The molecule has 1 aromatic heterocycles. The van der Waals surface area contributed by atoms with Gasteiger partial charge in [-0.05, 0) is 31.6 Å². The van der Waals surface area contributed by atoms with Crippen LogP contribution in [-0.2, 0) is 6.54 Å². The first-order valence-corrected chi connectivity index (χ1v) is 7.54. The summed E-state index contributed by atoms with van der Waals surface area (Å²) >= 11 is 2.00. The van der Waals surface area contributed by atoms with Gasteiger partial charge >= 0.3 is 0 Å². The van der Waals surface area contributed by atoms with E-state index in [9.17, 15) is 0 Å². The first-order valence-electron chi connectivity index (χ1n) is 6.26. The van der Waals surface area contributed by atoms with Gasteiger partial charge in [0.15, 0.2) is 0 Å². The highest BCUT2D eigenvalue weighted by atomic mass is 32.2. The van der Waals surface area contributed by atoms with Crippen molar-refractivity contribution in [1.82, 2.24) is 4.98 Å². The molecule has 1 atom stereocenters. The van der Waals surface area contributed by atoms with Crippen molar-refractivity contribution in [3.05, 3.63) is 24.0 Å². The van der Waals surface area contributed by atoms with Crippen molar-refractivity contribution < 1.29 is 0 Å². The van der Waals surface area contributed by atoms with E-state index in [1.807, 2.05) is 24.2 Å². The van der Waals surface area contributed by atoms with Gasteiger partial charge in [0, 0.05) is 48.5 Å². The van der Waals surface area contributed by atoms with E-state index in [-0.39, 0.29) is 0 Å². The molecule has 94 valence electrons. The summed E-state index contributed by atoms with van der Waals surface area (Å²) in [7, 11) is 0. The predicted octanol–water partition coefficient (Wildman–Crippen LogP) is 2.26. The summed E-state index contributed by atoms with van der Waals surface area (Å²) in [6.45, 7) is 2.86. The van der Waals surface area contributed by atoms with Crippen LogP contribution in [0.4, 0.5) is 5.69 Å². The number of thioether (sulfide) groups is 1. The number of pyridine rings is 1. The normalized spacial score (nSPS) is 21.3. The maximum atomic E-state index is 5.78. The molecular weight excluding hydrogens is 230 g/mol. The van der Waals surface area contributed by atoms with E-state index < -0.39 is 0 Å². The lowest BCUT2D eigenvalue weighted by Crippen LogP contribution is -2.26. The van der Waals surface area contributed by atoms with Crippen LogP contribution in [0.1, 0.15) is 24.8 Å². The molecule has 4 heteroatoms. The molecule has 0 aromatic carbocycles. The zero-order valence-electron chi connectivity index (χ0n) is 10.4. The zero-order valence-corrected chi connectivity index (χ0v) is 11.2. The van der Waals surface area contributed by atoms with Gasteiger partial charge < -0.3 is 10.6 Å². The second-order valence-corrected chi connectivity index (χ2v) is 5.62. The number of hydrogen-bond donors (Lipinski definition) is 1. The maximum absolute atomic E-state index is 5.78. The van der Waals surface area contributed by atoms with Gasteiger partial charge in [0.25, 0.3) is 0 Å². The highest BCUT2D eigenvalue weighted by Crippen LogP contribution is 2.26. The average Bonchev–Trinajstić information content (AvgIpc) is 2.63. The third-order valence-electron chi connectivity index (χ3n) is 3.45. The maximum Gasteiger partial charge on any atom is 0.0442 e. The van der Waals surface area contributed by atoms with Crippen molar-refractivity contribution in [2.24, 2.45) is 5.73 Å². The van der Waals surface area contributed by atoms with Crippen LogP contribution in [0.5, 0.6) is 0 Å². The smallest absolute Gasteiger partial charge is 0.0442 e. The number of anilines is 1. The van der Waals surface area contributed by atoms with Crippen LogP contribution in [0.25, 0.3) is 0 Å². The Balaban J connectivity index is 2.11. The summed E-state index contributed by atoms with van der Waals surface area (Å²) < 4.78 is 0. The van der Waals surface area contributed by atoms with Crippen LogP contribution >= 0.6 is 11.8 Å². The Hall–Kier alpha value is -0.740. The molecule has 3 nitrogen and oxygen atoms in total. The second-order valence-electron chi connectivity index (χ2n) is 4.48. The molecule has 17 heavy (non-hydrogen) atoms. The molecule has 1 saturated heterocycles. The van der Waals surface area contributed by atoms with Crippen LogP contribution in [0, 0.1) is 0 Å². The molecule has 0 saturated carbocycles. The minimum absolute atomic E-state index is 0.575. The SMILES string of the molecule is CSC1CCCN(c2ccncc2CN)CC1. The standard InChI is InChI=1S/C13H21N3S/c1-17-12-3-2-7-16(8-5-12)13-4-6-15-10-11(13)9-14/h4,6,10,12H,2-3,5,7-9,14H2,1H3. The fraction of sp³-hybridized carbons (Fsp3) is 0.615. The van der Waals surface area contributed by atoms with E-state index in [1.165, 1.54) is 24.9 Å². The fourth-order valence-corrected chi connectivity index (χ4v) is 3.17. The molecule has 0 aliphatic carbocycles. The minimum Gasteiger partial charge on any atom is -0.371 e. The Bertz CT molecular complexity index is 356. The molecular formula is C13H21N3S. The molecule has 0 spiro atoms. The average molecular weight is 251 g/mol. The molecule has 1 aliphatic heterocycles. The van der Waals surface area contributed by atoms with Crippen molar-refractivity contribution in [3.8, 4) is 0 Å². The number of aromatic nitrogens is 1. The van der Waals surface area contributed by atoms with E-state index in [2.05, 4.69) is 22.2 Å². The van der Waals surface area contributed by atoms with E-state index in [0.717, 1.165) is 23.9 Å². The number of nitrogens with two attached hydrogens (primary N) is 1. The van der Waals surface area contributed by atoms with E-state index in [1.54, 1.807) is 0 Å². The first kappa shape index (κ1) is 12.7. The molecule has 1 fully saturated rings. The summed E-state index contributed by atoms with van der Waals surface area (Å²) in [5.74, 6) is 0. The molecule has 1 unspecified atom stereocenters. The lowest BCUT2D eigenvalue weighted by Gasteiger charge is -2.25. The van der Waals surface area contributed by atoms with Gasteiger partial charge in [-0.1, -0.05) is 0 Å². The van der Waals surface area contributed by atoms with Gasteiger partial charge in [0.05, 0.1) is 0 Å². The Morgan fingerprint density at radius 1 is 1.47 bits per heavy atom. The van der Waals surface area contributed by atoms with Crippen LogP contribution in [0.2, 0.25) is 0 Å². The summed E-state index contributed by atoms with van der Waals surface area (Å²) in [5, 5.41) is 0.822. The third-order valence-corrected chi connectivity index (χ3v) is 4.58. The lowest BCUT2D eigenvalue weighted by atomic mass is 10.2. The number of nitrogens with zero attached hydrogens (tertiary/aromatic N) is 2. The number of rotatable bonds is 3. The highest BCUT2D eigenvalue weighted by molar-refractivity contribution is 7.99. The Morgan fingerprint density at radius 2 is 2.35 bits per heavy atom. The van der Waals surface area contributed by atoms with Crippen LogP contribution in [0.15, 0.2) is 18.5 Å². The van der Waals surface area contributed by atoms with Gasteiger partial charge in [-0.2, -0.15) is 11.8 Å². The monoisotopic (exact) mass is 251 g/mol. The molecule has 0 bridgehead atoms. The van der Waals surface area contributed by atoms with Crippen molar-refractivity contribution in [2.45, 2.75) is 31.1 Å². The minimum atomic E-state index is 0.575. The molecule has 1 aliphatic rings. The van der Waals surface area contributed by atoms with Gasteiger partial charge in [-0.3, -0.25) is 4.98 Å². The fourth-order valence-electron chi connectivity index (χ4n) is 2.43. The molecule has 2 rings (SSSR count). The van der Waals surface area contributed by atoms with E-state index in [4.69, 9.17) is 5.73 Å². The van der Waals surface area contributed by atoms with Gasteiger partial charge in [-0.25, -0.2) is 0 Å². The quantitative estimate of drug-likeness (QED) is 0.895. The summed E-state index contributed by atoms with van der Waals surface area (Å²) in [6, 6.07) is 2.10. The largest absolute Gasteiger partial charge is 0.371 e. The second kappa shape index (κ2) is 6.26. The third kappa shape index (κ3) is 3.13. The lowest BCUT2D eigenvalue weighted by molar-refractivity contribution is 0.745. The summed E-state index contributed by atoms with van der Waals surface area (Å²) in [6.07, 6.45) is 9.86. The predicted molar refractivity (Wildman–Crippen MR) is 75.5 cm³/mol. The van der Waals surface area contributed by atoms with Gasteiger partial charge in [-0.15, -0.1) is 0 Å². The van der Waals surface area contributed by atoms with Crippen LogP contribution in [0.3, 0.4) is 0 Å². The topological polar surface area (TPSA) is 42.2 Å².